The molecule has 2 atom stereocenters. The maximum Gasteiger partial charge on any atom is 0.338 e. The summed E-state index contributed by atoms with van der Waals surface area (Å²) >= 11 is 0. The smallest absolute Gasteiger partial charge is 0.338 e. The van der Waals surface area contributed by atoms with Crippen molar-refractivity contribution in [3.8, 4) is 0 Å². The molecule has 0 spiro atoms. The van der Waals surface area contributed by atoms with Gasteiger partial charge in [0.15, 0.2) is 0 Å². The number of epoxide rings is 1. The third-order valence-electron chi connectivity index (χ3n) is 4.59. The molecule has 3 aromatic rings. The minimum Gasteiger partial charge on any atom is -0.462 e. The monoisotopic (exact) mass is 371 g/mol. The van der Waals surface area contributed by atoms with Gasteiger partial charge in [0.05, 0.1) is 23.6 Å². The van der Waals surface area contributed by atoms with Crippen LogP contribution in [0.5, 0.6) is 0 Å². The fraction of sp³-hybridized carbons (Fsp3) is 0.167. The number of nitrogens with zero attached hydrogens (tertiary/aromatic N) is 1. The fourth-order valence-electron chi connectivity index (χ4n) is 3.14. The number of ether oxygens (including phenoxy) is 2. The molecule has 0 unspecified atom stereocenters. The third kappa shape index (κ3) is 4.02. The molecular formula is C24H21NO3. The van der Waals surface area contributed by atoms with Crippen LogP contribution >= 0.6 is 0 Å². The highest BCUT2D eigenvalue weighted by Gasteiger charge is 2.44. The number of rotatable bonds is 6. The van der Waals surface area contributed by atoms with E-state index in [1.54, 1.807) is 19.1 Å². The molecule has 1 heterocycles. The fourth-order valence-corrected chi connectivity index (χ4v) is 3.14. The molecule has 1 aliphatic heterocycles. The van der Waals surface area contributed by atoms with Crippen molar-refractivity contribution >= 4 is 17.4 Å². The zero-order chi connectivity index (χ0) is 19.3. The number of hydrogen-bond acceptors (Lipinski definition) is 4. The molecule has 1 aliphatic rings. The lowest BCUT2D eigenvalue weighted by Gasteiger charge is -2.06. The Morgan fingerprint density at radius 3 is 2.18 bits per heavy atom. The lowest BCUT2D eigenvalue weighted by molar-refractivity contribution is 0.0526. The van der Waals surface area contributed by atoms with E-state index < -0.39 is 0 Å². The first-order valence-corrected chi connectivity index (χ1v) is 9.38. The summed E-state index contributed by atoms with van der Waals surface area (Å²) in [6.45, 7) is 2.15. The quantitative estimate of drug-likeness (QED) is 0.343. The van der Waals surface area contributed by atoms with Crippen molar-refractivity contribution in [2.75, 3.05) is 6.61 Å². The molecule has 0 radical (unpaired) electrons. The van der Waals surface area contributed by atoms with Crippen LogP contribution in [0.1, 0.15) is 34.5 Å². The second kappa shape index (κ2) is 8.19. The highest BCUT2D eigenvalue weighted by molar-refractivity contribution is 6.07. The SMILES string of the molecule is CCOC(=O)c1ccc(N=C(c2ccccc2)[C@H]2O[C@@H]2c2ccccc2)cc1. The first kappa shape index (κ1) is 18.1. The number of carbonyl (C=O) groups is 1. The van der Waals surface area contributed by atoms with Gasteiger partial charge in [0.25, 0.3) is 0 Å². The number of esters is 1. The number of hydrogen-bond donors (Lipinski definition) is 0. The van der Waals surface area contributed by atoms with E-state index in [4.69, 9.17) is 14.5 Å². The summed E-state index contributed by atoms with van der Waals surface area (Å²) in [6.07, 6.45) is -0.0755. The van der Waals surface area contributed by atoms with Crippen molar-refractivity contribution in [2.24, 2.45) is 4.99 Å². The van der Waals surface area contributed by atoms with Gasteiger partial charge in [-0.05, 0) is 42.3 Å². The highest BCUT2D eigenvalue weighted by atomic mass is 16.6. The Balaban J connectivity index is 1.62. The van der Waals surface area contributed by atoms with Gasteiger partial charge in [-0.3, -0.25) is 0 Å². The van der Waals surface area contributed by atoms with E-state index in [0.29, 0.717) is 12.2 Å². The van der Waals surface area contributed by atoms with Crippen molar-refractivity contribution in [3.63, 3.8) is 0 Å². The first-order chi connectivity index (χ1) is 13.8. The van der Waals surface area contributed by atoms with E-state index in [0.717, 1.165) is 22.5 Å². The van der Waals surface area contributed by atoms with E-state index in [2.05, 4.69) is 12.1 Å². The molecule has 4 nitrogen and oxygen atoms in total. The summed E-state index contributed by atoms with van der Waals surface area (Å²) in [5.74, 6) is -0.323. The Morgan fingerprint density at radius 2 is 1.54 bits per heavy atom. The Hall–Kier alpha value is -3.24. The van der Waals surface area contributed by atoms with Crippen LogP contribution < -0.4 is 0 Å². The summed E-state index contributed by atoms with van der Waals surface area (Å²) in [5.41, 5.74) is 4.36. The van der Waals surface area contributed by atoms with Crippen molar-refractivity contribution in [2.45, 2.75) is 19.1 Å². The molecule has 140 valence electrons. The van der Waals surface area contributed by atoms with Gasteiger partial charge in [0, 0.05) is 0 Å². The second-order valence-corrected chi connectivity index (χ2v) is 6.52. The standard InChI is InChI=1S/C24H21NO3/c1-2-27-24(26)19-13-15-20(16-14-19)25-21(17-9-5-3-6-10-17)23-22(28-23)18-11-7-4-8-12-18/h3-16,22-23H,2H2,1H3/t22-,23-/m1/s1. The van der Waals surface area contributed by atoms with Crippen LogP contribution in [0.15, 0.2) is 89.9 Å². The molecular weight excluding hydrogens is 350 g/mol. The van der Waals surface area contributed by atoms with E-state index in [-0.39, 0.29) is 18.2 Å². The molecule has 1 saturated heterocycles. The van der Waals surface area contributed by atoms with Crippen LogP contribution in [0.4, 0.5) is 5.69 Å². The maximum atomic E-state index is 11.8. The van der Waals surface area contributed by atoms with Crippen LogP contribution in [0.2, 0.25) is 0 Å². The lowest BCUT2D eigenvalue weighted by atomic mass is 10.0. The first-order valence-electron chi connectivity index (χ1n) is 9.38. The summed E-state index contributed by atoms with van der Waals surface area (Å²) in [6, 6.07) is 27.4. The van der Waals surface area contributed by atoms with Crippen LogP contribution in [0.3, 0.4) is 0 Å². The molecule has 0 saturated carbocycles. The lowest BCUT2D eigenvalue weighted by Crippen LogP contribution is -2.10. The number of aliphatic imine (C=N–C) groups is 1. The van der Waals surface area contributed by atoms with E-state index >= 15 is 0 Å². The van der Waals surface area contributed by atoms with E-state index in [1.807, 2.05) is 60.7 Å². The molecule has 0 amide bonds. The van der Waals surface area contributed by atoms with Crippen LogP contribution in [0.25, 0.3) is 0 Å². The molecule has 0 aromatic heterocycles. The van der Waals surface area contributed by atoms with Crippen molar-refractivity contribution < 1.29 is 14.3 Å². The number of carbonyl (C=O) groups excluding carboxylic acids is 1. The van der Waals surface area contributed by atoms with Gasteiger partial charge in [-0.25, -0.2) is 9.79 Å². The Bertz CT molecular complexity index is 966. The van der Waals surface area contributed by atoms with Crippen LogP contribution in [-0.4, -0.2) is 24.4 Å². The van der Waals surface area contributed by atoms with E-state index in [1.165, 1.54) is 0 Å². The third-order valence-corrected chi connectivity index (χ3v) is 4.59. The number of benzene rings is 3. The molecule has 0 aliphatic carbocycles. The Labute approximate surface area is 164 Å². The molecule has 28 heavy (non-hydrogen) atoms. The van der Waals surface area contributed by atoms with Gasteiger partial charge in [-0.2, -0.15) is 0 Å². The van der Waals surface area contributed by atoms with Crippen LogP contribution in [-0.2, 0) is 9.47 Å². The maximum absolute atomic E-state index is 11.8. The van der Waals surface area contributed by atoms with Crippen molar-refractivity contribution in [1.29, 1.82) is 0 Å². The summed E-state index contributed by atoms with van der Waals surface area (Å²) < 4.78 is 11.0. The van der Waals surface area contributed by atoms with E-state index in [9.17, 15) is 4.79 Å². The molecule has 1 fully saturated rings. The molecule has 3 aromatic carbocycles. The molecule has 0 bridgehead atoms. The Kier molecular flexibility index (Phi) is 5.31. The Morgan fingerprint density at radius 1 is 0.893 bits per heavy atom. The average molecular weight is 371 g/mol. The predicted octanol–water partition coefficient (Wildman–Crippen LogP) is 5.12. The minimum atomic E-state index is -0.323. The van der Waals surface area contributed by atoms with Gasteiger partial charge in [0.1, 0.15) is 12.2 Å². The largest absolute Gasteiger partial charge is 0.462 e. The molecule has 4 rings (SSSR count). The topological polar surface area (TPSA) is 51.2 Å². The average Bonchev–Trinajstić information content (AvgIpc) is 3.54. The summed E-state index contributed by atoms with van der Waals surface area (Å²) in [7, 11) is 0. The highest BCUT2D eigenvalue weighted by Crippen LogP contribution is 2.41. The van der Waals surface area contributed by atoms with Gasteiger partial charge >= 0.3 is 5.97 Å². The van der Waals surface area contributed by atoms with Crippen molar-refractivity contribution in [1.82, 2.24) is 0 Å². The predicted molar refractivity (Wildman–Crippen MR) is 109 cm³/mol. The van der Waals surface area contributed by atoms with Gasteiger partial charge in [-0.1, -0.05) is 60.7 Å². The van der Waals surface area contributed by atoms with Crippen molar-refractivity contribution in [3.05, 3.63) is 102 Å². The summed E-state index contributed by atoms with van der Waals surface area (Å²) in [4.78, 5) is 16.7. The van der Waals surface area contributed by atoms with Gasteiger partial charge < -0.3 is 9.47 Å². The van der Waals surface area contributed by atoms with Gasteiger partial charge in [-0.15, -0.1) is 0 Å². The molecule has 4 heteroatoms. The van der Waals surface area contributed by atoms with Gasteiger partial charge in [0.2, 0.25) is 0 Å². The minimum absolute atomic E-state index is 0.0129. The zero-order valence-corrected chi connectivity index (χ0v) is 15.6. The molecule has 0 N–H and O–H groups in total. The normalized spacial score (nSPS) is 18.5. The van der Waals surface area contributed by atoms with Crippen LogP contribution in [0, 0.1) is 0 Å². The summed E-state index contributed by atoms with van der Waals surface area (Å²) in [5, 5.41) is 0. The second-order valence-electron chi connectivity index (χ2n) is 6.52. The zero-order valence-electron chi connectivity index (χ0n) is 15.6.